The van der Waals surface area contributed by atoms with Gasteiger partial charge in [0, 0.05) is 38.3 Å². The average molecular weight is 488 g/mol. The van der Waals surface area contributed by atoms with Gasteiger partial charge in [-0.3, -0.25) is 9.59 Å². The van der Waals surface area contributed by atoms with E-state index in [4.69, 9.17) is 34.8 Å². The third kappa shape index (κ3) is 6.83. The molecule has 0 saturated carbocycles. The average Bonchev–Trinajstić information content (AvgIpc) is 2.65. The molecule has 0 heterocycles. The van der Waals surface area contributed by atoms with Crippen molar-refractivity contribution < 1.29 is 14.0 Å². The lowest BCUT2D eigenvalue weighted by atomic mass is 10.0. The Morgan fingerprint density at radius 3 is 2.00 bits per heavy atom. The molecule has 0 bridgehead atoms. The largest absolute Gasteiger partial charge is 0.350 e. The van der Waals surface area contributed by atoms with Crippen LogP contribution in [0.5, 0.6) is 0 Å². The SMILES string of the molecule is CC[C@@H](C(=O)NC(C)(C)C)N(Cc1c(Cl)cccc1Cl)C(=O)Cc1c(F)cccc1Cl. The van der Waals surface area contributed by atoms with Gasteiger partial charge in [0.2, 0.25) is 11.8 Å². The van der Waals surface area contributed by atoms with Crippen LogP contribution in [0.2, 0.25) is 15.1 Å². The number of amides is 2. The number of nitrogens with one attached hydrogen (secondary N) is 1. The van der Waals surface area contributed by atoms with Gasteiger partial charge in [-0.25, -0.2) is 4.39 Å². The number of benzene rings is 2. The maximum atomic E-state index is 14.3. The molecule has 0 aromatic heterocycles. The molecule has 4 nitrogen and oxygen atoms in total. The summed E-state index contributed by atoms with van der Waals surface area (Å²) in [5.41, 5.74) is 0.104. The van der Waals surface area contributed by atoms with E-state index in [0.29, 0.717) is 22.0 Å². The molecule has 0 spiro atoms. The Kier molecular flexibility index (Phi) is 8.75. The van der Waals surface area contributed by atoms with Crippen molar-refractivity contribution in [1.82, 2.24) is 10.2 Å². The summed E-state index contributed by atoms with van der Waals surface area (Å²) < 4.78 is 14.3. The first-order valence-corrected chi connectivity index (χ1v) is 11.0. The highest BCUT2D eigenvalue weighted by Gasteiger charge is 2.32. The van der Waals surface area contributed by atoms with E-state index in [1.165, 1.54) is 23.1 Å². The zero-order chi connectivity index (χ0) is 23.3. The maximum absolute atomic E-state index is 14.3. The second-order valence-corrected chi connectivity index (χ2v) is 9.48. The van der Waals surface area contributed by atoms with Crippen LogP contribution in [-0.4, -0.2) is 28.3 Å². The molecule has 0 saturated heterocycles. The topological polar surface area (TPSA) is 49.4 Å². The van der Waals surface area contributed by atoms with E-state index >= 15 is 0 Å². The van der Waals surface area contributed by atoms with Gasteiger partial charge in [-0.2, -0.15) is 0 Å². The van der Waals surface area contributed by atoms with Crippen LogP contribution in [0.15, 0.2) is 36.4 Å². The molecule has 2 rings (SSSR count). The number of halogens is 4. The van der Waals surface area contributed by atoms with Gasteiger partial charge in [0.05, 0.1) is 6.42 Å². The number of hydrogen-bond acceptors (Lipinski definition) is 2. The molecule has 1 atom stereocenters. The minimum absolute atomic E-state index is 0.000515. The number of hydrogen-bond donors (Lipinski definition) is 1. The molecule has 0 radical (unpaired) electrons. The molecule has 1 N–H and O–H groups in total. The van der Waals surface area contributed by atoms with Gasteiger partial charge in [-0.1, -0.05) is 53.9 Å². The molecule has 0 aliphatic heterocycles. The fourth-order valence-corrected chi connectivity index (χ4v) is 3.93. The van der Waals surface area contributed by atoms with Crippen molar-refractivity contribution in [2.75, 3.05) is 0 Å². The molecule has 2 amide bonds. The second-order valence-electron chi connectivity index (χ2n) is 8.26. The lowest BCUT2D eigenvalue weighted by Crippen LogP contribution is -2.53. The normalized spacial score (nSPS) is 12.4. The van der Waals surface area contributed by atoms with Crippen LogP contribution in [0.1, 0.15) is 45.2 Å². The molecule has 2 aromatic carbocycles. The van der Waals surface area contributed by atoms with Crippen LogP contribution in [0.4, 0.5) is 4.39 Å². The summed E-state index contributed by atoms with van der Waals surface area (Å²) in [6.45, 7) is 7.37. The zero-order valence-electron chi connectivity index (χ0n) is 17.9. The summed E-state index contributed by atoms with van der Waals surface area (Å²) in [5.74, 6) is -1.35. The molecule has 0 aliphatic carbocycles. The highest BCUT2D eigenvalue weighted by molar-refractivity contribution is 6.36. The molecule has 0 aliphatic rings. The first-order chi connectivity index (χ1) is 14.4. The summed E-state index contributed by atoms with van der Waals surface area (Å²) in [5, 5.41) is 3.81. The fourth-order valence-electron chi connectivity index (χ4n) is 3.18. The summed E-state index contributed by atoms with van der Waals surface area (Å²) in [7, 11) is 0. The lowest BCUT2D eigenvalue weighted by molar-refractivity contribution is -0.141. The predicted molar refractivity (Wildman–Crippen MR) is 124 cm³/mol. The number of rotatable bonds is 7. The Labute approximate surface area is 197 Å². The van der Waals surface area contributed by atoms with Crippen LogP contribution in [0, 0.1) is 5.82 Å². The Hall–Kier alpha value is -1.82. The Morgan fingerprint density at radius 1 is 1.00 bits per heavy atom. The molecule has 8 heteroatoms. The summed E-state index contributed by atoms with van der Waals surface area (Å²) in [6.07, 6.45) is 0.0492. The van der Waals surface area contributed by atoms with E-state index in [-0.39, 0.29) is 29.5 Å². The quantitative estimate of drug-likeness (QED) is 0.517. The standard InChI is InChI=1S/C23H26Cl3FN2O2/c1-5-20(22(31)28-23(2,3)4)29(13-15-17(25)8-6-9-18(15)26)21(30)12-14-16(24)10-7-11-19(14)27/h6-11,20H,5,12-13H2,1-4H3,(H,28,31)/t20-/m0/s1. The smallest absolute Gasteiger partial charge is 0.243 e. The van der Waals surface area contributed by atoms with Crippen molar-refractivity contribution in [3.05, 3.63) is 68.4 Å². The highest BCUT2D eigenvalue weighted by Crippen LogP contribution is 2.28. The molecular formula is C23H26Cl3FN2O2. The minimum Gasteiger partial charge on any atom is -0.350 e. The van der Waals surface area contributed by atoms with Gasteiger partial charge in [0.15, 0.2) is 0 Å². The second kappa shape index (κ2) is 10.7. The van der Waals surface area contributed by atoms with Crippen molar-refractivity contribution in [1.29, 1.82) is 0 Å². The van der Waals surface area contributed by atoms with Crippen molar-refractivity contribution in [2.24, 2.45) is 0 Å². The third-order valence-electron chi connectivity index (χ3n) is 4.66. The Morgan fingerprint density at radius 2 is 1.52 bits per heavy atom. The van der Waals surface area contributed by atoms with E-state index in [0.717, 1.165) is 0 Å². The van der Waals surface area contributed by atoms with Gasteiger partial charge in [-0.15, -0.1) is 0 Å². The zero-order valence-corrected chi connectivity index (χ0v) is 20.2. The summed E-state index contributed by atoms with van der Waals surface area (Å²) >= 11 is 18.8. The van der Waals surface area contributed by atoms with Crippen molar-refractivity contribution in [3.8, 4) is 0 Å². The predicted octanol–water partition coefficient (Wildman–Crippen LogP) is 6.05. The van der Waals surface area contributed by atoms with E-state index < -0.39 is 23.3 Å². The van der Waals surface area contributed by atoms with Gasteiger partial charge in [0.25, 0.3) is 0 Å². The molecule has 0 fully saturated rings. The third-order valence-corrected chi connectivity index (χ3v) is 5.73. The van der Waals surface area contributed by atoms with Crippen LogP contribution < -0.4 is 5.32 Å². The highest BCUT2D eigenvalue weighted by atomic mass is 35.5. The number of carbonyl (C=O) groups excluding carboxylic acids is 2. The fraction of sp³-hybridized carbons (Fsp3) is 0.391. The first-order valence-electron chi connectivity index (χ1n) is 9.91. The molecular weight excluding hydrogens is 462 g/mol. The summed E-state index contributed by atoms with van der Waals surface area (Å²) in [4.78, 5) is 27.7. The van der Waals surface area contributed by atoms with Gasteiger partial charge < -0.3 is 10.2 Å². The molecule has 168 valence electrons. The van der Waals surface area contributed by atoms with Gasteiger partial charge in [0.1, 0.15) is 11.9 Å². The van der Waals surface area contributed by atoms with Crippen molar-refractivity contribution >= 4 is 46.6 Å². The Balaban J connectivity index is 2.45. The van der Waals surface area contributed by atoms with E-state index in [2.05, 4.69) is 5.32 Å². The van der Waals surface area contributed by atoms with Crippen molar-refractivity contribution in [3.63, 3.8) is 0 Å². The van der Waals surface area contributed by atoms with E-state index in [1.807, 2.05) is 20.8 Å². The molecule has 2 aromatic rings. The Bertz CT molecular complexity index is 920. The first kappa shape index (κ1) is 25.4. The summed E-state index contributed by atoms with van der Waals surface area (Å²) in [6, 6.07) is 8.45. The van der Waals surface area contributed by atoms with Crippen LogP contribution in [0.25, 0.3) is 0 Å². The van der Waals surface area contributed by atoms with E-state index in [9.17, 15) is 14.0 Å². The molecule has 31 heavy (non-hydrogen) atoms. The van der Waals surface area contributed by atoms with E-state index in [1.54, 1.807) is 25.1 Å². The lowest BCUT2D eigenvalue weighted by Gasteiger charge is -2.33. The number of carbonyl (C=O) groups is 2. The number of nitrogens with zero attached hydrogens (tertiary/aromatic N) is 1. The van der Waals surface area contributed by atoms with Gasteiger partial charge in [-0.05, 0) is 51.5 Å². The van der Waals surface area contributed by atoms with Crippen LogP contribution in [-0.2, 0) is 22.6 Å². The monoisotopic (exact) mass is 486 g/mol. The minimum atomic E-state index is -0.801. The molecule has 0 unspecified atom stereocenters. The van der Waals surface area contributed by atoms with Crippen molar-refractivity contribution in [2.45, 2.75) is 58.7 Å². The van der Waals surface area contributed by atoms with Gasteiger partial charge >= 0.3 is 0 Å². The maximum Gasteiger partial charge on any atom is 0.243 e. The van der Waals surface area contributed by atoms with Crippen LogP contribution >= 0.6 is 34.8 Å². The van der Waals surface area contributed by atoms with Crippen LogP contribution in [0.3, 0.4) is 0 Å².